The third-order valence-electron chi connectivity index (χ3n) is 4.04. The van der Waals surface area contributed by atoms with E-state index in [1.165, 1.54) is 22.9 Å². The average molecular weight is 491 g/mol. The summed E-state index contributed by atoms with van der Waals surface area (Å²) in [5.74, 6) is 0. The molecular weight excluding hydrogens is 471 g/mol. The summed E-state index contributed by atoms with van der Waals surface area (Å²) in [4.78, 5) is 4.78. The number of aliphatic hydroxyl groups excluding tert-OH is 3. The highest BCUT2D eigenvalue weighted by Gasteiger charge is 2.28. The van der Waals surface area contributed by atoms with E-state index in [-0.39, 0.29) is 6.54 Å². The van der Waals surface area contributed by atoms with Crippen LogP contribution in [0.4, 0.5) is 0 Å². The molecule has 1 aromatic carbocycles. The number of nitrogens with zero attached hydrogens (tertiary/aromatic N) is 4. The van der Waals surface area contributed by atoms with Gasteiger partial charge < -0.3 is 20.1 Å². The van der Waals surface area contributed by atoms with Crippen LogP contribution in [0.15, 0.2) is 40.9 Å². The first-order valence-corrected chi connectivity index (χ1v) is 11.4. The first-order chi connectivity index (χ1) is 14.4. The normalized spacial score (nSPS) is 15.7. The van der Waals surface area contributed by atoms with Crippen LogP contribution in [0.5, 0.6) is 0 Å². The van der Waals surface area contributed by atoms with Gasteiger partial charge >= 0.3 is 0 Å². The molecule has 2 heterocycles. The molecule has 0 amide bonds. The van der Waals surface area contributed by atoms with E-state index < -0.39 is 30.4 Å². The summed E-state index contributed by atoms with van der Waals surface area (Å²) >= 11 is 14.9. The Morgan fingerprint density at radius 1 is 1.30 bits per heavy atom. The van der Waals surface area contributed by atoms with Crippen molar-refractivity contribution in [2.45, 2.75) is 42.1 Å². The van der Waals surface area contributed by atoms with Crippen molar-refractivity contribution in [1.82, 2.24) is 20.0 Å². The van der Waals surface area contributed by atoms with Gasteiger partial charge in [-0.05, 0) is 25.1 Å². The molecule has 0 aliphatic heterocycles. The van der Waals surface area contributed by atoms with Gasteiger partial charge in [-0.25, -0.2) is 9.67 Å². The fourth-order valence-electron chi connectivity index (χ4n) is 2.48. The predicted octanol–water partition coefficient (Wildman–Crippen LogP) is 2.95. The van der Waals surface area contributed by atoms with Crippen LogP contribution in [0, 0.1) is 0 Å². The Labute approximate surface area is 191 Å². The molecular formula is C18H20Cl2N4O4S2. The summed E-state index contributed by atoms with van der Waals surface area (Å²) in [5, 5.41) is 41.8. The second kappa shape index (κ2) is 10.9. The topological polar surface area (TPSA) is 114 Å². The van der Waals surface area contributed by atoms with Crippen LogP contribution in [-0.2, 0) is 11.3 Å². The van der Waals surface area contributed by atoms with Crippen LogP contribution in [0.3, 0.4) is 0 Å². The summed E-state index contributed by atoms with van der Waals surface area (Å²) in [5.41, 5.74) is -0.280. The highest BCUT2D eigenvalue weighted by molar-refractivity contribution is 8.00. The van der Waals surface area contributed by atoms with Crippen molar-refractivity contribution < 1.29 is 20.1 Å². The third-order valence-corrected chi connectivity index (χ3v) is 6.76. The van der Waals surface area contributed by atoms with Crippen LogP contribution in [-0.4, -0.2) is 65.7 Å². The fourth-order valence-corrected chi connectivity index (χ4v) is 4.63. The Morgan fingerprint density at radius 3 is 2.77 bits per heavy atom. The Balaban J connectivity index is 1.78. The summed E-state index contributed by atoms with van der Waals surface area (Å²) < 4.78 is 7.29. The molecule has 30 heavy (non-hydrogen) atoms. The summed E-state index contributed by atoms with van der Waals surface area (Å²) in [6, 6.07) is 4.96. The van der Waals surface area contributed by atoms with Gasteiger partial charge in [-0.2, -0.15) is 0 Å². The number of ether oxygens (including phenoxy) is 1. The molecule has 0 saturated carbocycles. The lowest BCUT2D eigenvalue weighted by molar-refractivity contribution is -0.0972. The van der Waals surface area contributed by atoms with E-state index >= 15 is 0 Å². The Hall–Kier alpha value is -1.24. The van der Waals surface area contributed by atoms with Crippen molar-refractivity contribution >= 4 is 46.3 Å². The number of hydrogen-bond acceptors (Lipinski definition) is 9. The monoisotopic (exact) mass is 490 g/mol. The van der Waals surface area contributed by atoms with Crippen LogP contribution in [0.2, 0.25) is 10.0 Å². The number of hydrogen-bond donors (Lipinski definition) is 3. The van der Waals surface area contributed by atoms with Gasteiger partial charge in [0.25, 0.3) is 0 Å². The van der Waals surface area contributed by atoms with Gasteiger partial charge in [0.2, 0.25) is 0 Å². The SMILES string of the molecule is C[C@@H](O)C(CO)OC(Sc1cc(Cl)ccc1Cl)[C@@H](O)Cn1cc(-c2nccs2)nn1. The smallest absolute Gasteiger partial charge is 0.145 e. The Morgan fingerprint density at radius 2 is 2.10 bits per heavy atom. The van der Waals surface area contributed by atoms with Crippen LogP contribution in [0.1, 0.15) is 6.92 Å². The van der Waals surface area contributed by atoms with E-state index in [4.69, 9.17) is 27.9 Å². The summed E-state index contributed by atoms with van der Waals surface area (Å²) in [6.07, 6.45) is 0.450. The highest BCUT2D eigenvalue weighted by atomic mass is 35.5. The number of benzene rings is 1. The molecule has 0 radical (unpaired) electrons. The summed E-state index contributed by atoms with van der Waals surface area (Å²) in [6.45, 7) is 1.15. The minimum Gasteiger partial charge on any atom is -0.394 e. The van der Waals surface area contributed by atoms with Gasteiger partial charge in [-0.1, -0.05) is 40.2 Å². The molecule has 0 bridgehead atoms. The molecule has 0 saturated heterocycles. The molecule has 3 N–H and O–H groups in total. The zero-order chi connectivity index (χ0) is 21.7. The zero-order valence-electron chi connectivity index (χ0n) is 15.8. The molecule has 12 heteroatoms. The van der Waals surface area contributed by atoms with Gasteiger partial charge in [-0.15, -0.1) is 16.4 Å². The van der Waals surface area contributed by atoms with Crippen molar-refractivity contribution in [3.8, 4) is 10.7 Å². The molecule has 0 aliphatic rings. The first kappa shape index (κ1) is 23.4. The molecule has 2 unspecified atom stereocenters. The molecule has 3 rings (SSSR count). The lowest BCUT2D eigenvalue weighted by Crippen LogP contribution is -2.39. The fraction of sp³-hybridized carbons (Fsp3) is 0.389. The van der Waals surface area contributed by atoms with E-state index in [9.17, 15) is 15.3 Å². The quantitative estimate of drug-likeness (QED) is 0.293. The average Bonchev–Trinajstić information content (AvgIpc) is 3.39. The molecule has 0 spiro atoms. The van der Waals surface area contributed by atoms with Crippen molar-refractivity contribution in [3.05, 3.63) is 46.0 Å². The van der Waals surface area contributed by atoms with Crippen LogP contribution < -0.4 is 0 Å². The molecule has 2 aromatic heterocycles. The number of aromatic nitrogens is 4. The van der Waals surface area contributed by atoms with E-state index in [0.717, 1.165) is 16.8 Å². The van der Waals surface area contributed by atoms with Gasteiger partial charge in [0.15, 0.2) is 0 Å². The maximum atomic E-state index is 10.9. The van der Waals surface area contributed by atoms with Crippen molar-refractivity contribution in [2.24, 2.45) is 0 Å². The van der Waals surface area contributed by atoms with E-state index in [0.29, 0.717) is 20.6 Å². The first-order valence-electron chi connectivity index (χ1n) is 8.91. The molecule has 3 aromatic rings. The van der Waals surface area contributed by atoms with E-state index in [1.807, 2.05) is 5.38 Å². The van der Waals surface area contributed by atoms with Gasteiger partial charge in [0, 0.05) is 21.5 Å². The molecule has 8 nitrogen and oxygen atoms in total. The maximum absolute atomic E-state index is 10.9. The van der Waals surface area contributed by atoms with Crippen LogP contribution in [0.25, 0.3) is 10.7 Å². The minimum absolute atomic E-state index is 0.0617. The Kier molecular flexibility index (Phi) is 8.49. The minimum atomic E-state index is -1.07. The second-order valence-electron chi connectivity index (χ2n) is 6.39. The maximum Gasteiger partial charge on any atom is 0.145 e. The highest BCUT2D eigenvalue weighted by Crippen LogP contribution is 2.35. The lowest BCUT2D eigenvalue weighted by Gasteiger charge is -2.28. The zero-order valence-corrected chi connectivity index (χ0v) is 18.9. The predicted molar refractivity (Wildman–Crippen MR) is 117 cm³/mol. The van der Waals surface area contributed by atoms with Crippen LogP contribution >= 0.6 is 46.3 Å². The summed E-state index contributed by atoms with van der Waals surface area (Å²) in [7, 11) is 0. The van der Waals surface area contributed by atoms with Gasteiger partial charge in [0.1, 0.15) is 28.3 Å². The van der Waals surface area contributed by atoms with Crippen molar-refractivity contribution in [1.29, 1.82) is 0 Å². The van der Waals surface area contributed by atoms with Gasteiger partial charge in [-0.3, -0.25) is 0 Å². The largest absolute Gasteiger partial charge is 0.394 e. The lowest BCUT2D eigenvalue weighted by atomic mass is 10.2. The molecule has 162 valence electrons. The Bertz CT molecular complexity index is 942. The molecule has 0 aliphatic carbocycles. The third kappa shape index (κ3) is 6.14. The molecule has 0 fully saturated rings. The number of rotatable bonds is 10. The number of thioether (sulfide) groups is 1. The number of halogens is 2. The number of aliphatic hydroxyl groups is 3. The van der Waals surface area contributed by atoms with Crippen molar-refractivity contribution in [2.75, 3.05) is 6.61 Å². The molecule has 4 atom stereocenters. The van der Waals surface area contributed by atoms with E-state index in [2.05, 4.69) is 15.3 Å². The second-order valence-corrected chi connectivity index (χ2v) is 9.27. The standard InChI is InChI=1S/C18H20Cl2N4O4S2/c1-10(26)15(9-25)28-18(30-16-6-11(19)2-3-12(16)20)14(27)8-24-7-13(22-23-24)17-21-4-5-29-17/h2-7,10,14-15,18,25-27H,8-9H2,1H3/t10-,14+,15?,18?/m1/s1. The van der Waals surface area contributed by atoms with Crippen molar-refractivity contribution in [3.63, 3.8) is 0 Å². The van der Waals surface area contributed by atoms with E-state index in [1.54, 1.807) is 30.6 Å². The van der Waals surface area contributed by atoms with Gasteiger partial charge in [0.05, 0.1) is 30.5 Å². The number of thiazole rings is 1.